The molecule has 4 fully saturated rings. The van der Waals surface area contributed by atoms with E-state index in [-0.39, 0.29) is 47.5 Å². The number of aliphatic hydroxyl groups is 5. The second-order valence-electron chi connectivity index (χ2n) is 16.9. The molecule has 48 heavy (non-hydrogen) atoms. The van der Waals surface area contributed by atoms with Crippen LogP contribution in [0.25, 0.3) is 0 Å². The Morgan fingerprint density at radius 3 is 2.25 bits per heavy atom. The molecule has 0 bridgehead atoms. The van der Waals surface area contributed by atoms with E-state index in [4.69, 9.17) is 4.74 Å². The second kappa shape index (κ2) is 13.6. The van der Waals surface area contributed by atoms with Crippen molar-refractivity contribution in [2.75, 3.05) is 20.3 Å². The van der Waals surface area contributed by atoms with Gasteiger partial charge in [0.25, 0.3) is 0 Å². The number of carboxylic acid groups (broad SMARTS) is 1. The summed E-state index contributed by atoms with van der Waals surface area (Å²) in [7, 11) is 1.32. The fourth-order valence-electron chi connectivity index (χ4n) is 11.9. The second-order valence-corrected chi connectivity index (χ2v) is 16.9. The number of nitrogens with one attached hydrogen (secondary N) is 1. The average Bonchev–Trinajstić information content (AvgIpc) is 3.04. The van der Waals surface area contributed by atoms with Gasteiger partial charge in [0.05, 0.1) is 36.8 Å². The minimum Gasteiger partial charge on any atom is -0.481 e. The number of fused-ring (bicyclic) bond motifs is 7. The Morgan fingerprint density at radius 2 is 1.60 bits per heavy atom. The van der Waals surface area contributed by atoms with E-state index in [0.29, 0.717) is 18.3 Å². The van der Waals surface area contributed by atoms with Crippen molar-refractivity contribution in [2.45, 2.75) is 122 Å². The molecule has 13 unspecified atom stereocenters. The van der Waals surface area contributed by atoms with Gasteiger partial charge in [-0.25, -0.2) is 0 Å². The first kappa shape index (κ1) is 37.2. The molecular weight excluding hydrogens is 618 g/mol. The number of aliphatic hydroxyl groups excluding tert-OH is 4. The molecule has 7 N–H and O–H groups in total. The predicted octanol–water partition coefficient (Wildman–Crippen LogP) is 2.80. The highest BCUT2D eigenvalue weighted by Gasteiger charge is 2.66. The van der Waals surface area contributed by atoms with E-state index in [1.54, 1.807) is 0 Å². The van der Waals surface area contributed by atoms with Crippen LogP contribution < -0.4 is 5.32 Å². The van der Waals surface area contributed by atoms with Crippen molar-refractivity contribution >= 4 is 17.8 Å². The number of carbonyl (C=O) groups excluding carboxylic acids is 2. The van der Waals surface area contributed by atoms with E-state index in [9.17, 15) is 45.0 Å². The van der Waals surface area contributed by atoms with E-state index < -0.39 is 59.7 Å². The number of carbonyl (C=O) groups is 3. The van der Waals surface area contributed by atoms with Crippen LogP contribution >= 0.6 is 0 Å². The van der Waals surface area contributed by atoms with Crippen LogP contribution in [-0.2, 0) is 19.1 Å². The lowest BCUT2D eigenvalue weighted by Gasteiger charge is -2.68. The number of aliphatic carboxylic acids is 1. The zero-order chi connectivity index (χ0) is 35.4. The third-order valence-electron chi connectivity index (χ3n) is 14.7. The van der Waals surface area contributed by atoms with Crippen molar-refractivity contribution in [2.24, 2.45) is 57.7 Å². The zero-order valence-electron chi connectivity index (χ0n) is 29.4. The summed E-state index contributed by atoms with van der Waals surface area (Å²) in [5, 5.41) is 65.3. The highest BCUT2D eigenvalue weighted by atomic mass is 16.5. The van der Waals surface area contributed by atoms with Crippen LogP contribution in [0.5, 0.6) is 0 Å². The molecule has 1 amide bonds. The number of esters is 1. The minimum atomic E-state index is -1.83. The number of ether oxygens (including phenoxy) is 1. The van der Waals surface area contributed by atoms with E-state index in [1.807, 2.05) is 6.92 Å². The van der Waals surface area contributed by atoms with Crippen LogP contribution in [-0.4, -0.2) is 92.7 Å². The molecule has 0 saturated heterocycles. The van der Waals surface area contributed by atoms with Gasteiger partial charge in [0.2, 0.25) is 5.91 Å². The number of amides is 1. The molecule has 11 heteroatoms. The van der Waals surface area contributed by atoms with Crippen LogP contribution in [0, 0.1) is 57.7 Å². The maximum Gasteiger partial charge on any atom is 0.325 e. The van der Waals surface area contributed by atoms with Gasteiger partial charge in [0.1, 0.15) is 18.8 Å². The molecule has 0 aliphatic heterocycles. The highest BCUT2D eigenvalue weighted by Crippen LogP contribution is 2.71. The van der Waals surface area contributed by atoms with E-state index >= 15 is 0 Å². The number of allylic oxidation sites excluding steroid dienone is 2. The molecule has 0 aromatic carbocycles. The normalized spacial score (nSPS) is 43.1. The molecule has 0 radical (unpaired) electrons. The Labute approximate surface area is 284 Å². The summed E-state index contributed by atoms with van der Waals surface area (Å²) in [6.45, 7) is 7.85. The highest BCUT2D eigenvalue weighted by molar-refractivity contribution is 5.87. The molecule has 4 saturated carbocycles. The molecule has 272 valence electrons. The van der Waals surface area contributed by atoms with Gasteiger partial charge in [-0.3, -0.25) is 14.4 Å². The summed E-state index contributed by atoms with van der Waals surface area (Å²) < 4.78 is 4.79. The molecular formula is C37H59NO10. The number of carboxylic acids is 1. The van der Waals surface area contributed by atoms with Gasteiger partial charge in [-0.15, -0.1) is 0 Å². The zero-order valence-corrected chi connectivity index (χ0v) is 29.4. The molecule has 5 aliphatic rings. The molecule has 5 aliphatic carbocycles. The Hall–Kier alpha value is -2.05. The summed E-state index contributed by atoms with van der Waals surface area (Å²) in [4.78, 5) is 38.0. The molecule has 0 aromatic heterocycles. The smallest absolute Gasteiger partial charge is 0.325 e. The first-order valence-corrected chi connectivity index (χ1v) is 18.1. The average molecular weight is 678 g/mol. The van der Waals surface area contributed by atoms with Crippen LogP contribution in [0.4, 0.5) is 0 Å². The monoisotopic (exact) mass is 677 g/mol. The Balaban J connectivity index is 1.40. The van der Waals surface area contributed by atoms with Gasteiger partial charge in [0.15, 0.2) is 0 Å². The van der Waals surface area contributed by atoms with E-state index in [1.165, 1.54) is 12.7 Å². The number of rotatable bonds is 10. The minimum absolute atomic E-state index is 0.0298. The van der Waals surface area contributed by atoms with Gasteiger partial charge in [0, 0.05) is 0 Å². The fraction of sp³-hybridized carbons (Fsp3) is 0.865. The molecule has 14 atom stereocenters. The maximum absolute atomic E-state index is 13.8. The fourth-order valence-corrected chi connectivity index (χ4v) is 11.9. The third-order valence-corrected chi connectivity index (χ3v) is 14.7. The Bertz CT molecular complexity index is 1270. The Kier molecular flexibility index (Phi) is 10.5. The lowest BCUT2D eigenvalue weighted by atomic mass is 9.37. The molecule has 0 spiro atoms. The lowest BCUT2D eigenvalue weighted by molar-refractivity contribution is -0.212. The first-order chi connectivity index (χ1) is 22.5. The van der Waals surface area contributed by atoms with Crippen molar-refractivity contribution in [3.8, 4) is 0 Å². The molecule has 0 aromatic rings. The van der Waals surface area contributed by atoms with E-state index in [0.717, 1.165) is 57.8 Å². The molecule has 11 nitrogen and oxygen atoms in total. The SMILES string of the molecule is COC(=O)CNC(=O)C12CCC(C)CC1C1=CCC3C(C)(CCC4C3(C)CCC(CC(C(=O)O)C(O)C(O)C(O)CO)[C@@]4(C)O)C1CC2. The van der Waals surface area contributed by atoms with Crippen molar-refractivity contribution in [3.63, 3.8) is 0 Å². The van der Waals surface area contributed by atoms with Crippen molar-refractivity contribution in [1.29, 1.82) is 0 Å². The van der Waals surface area contributed by atoms with Crippen molar-refractivity contribution in [3.05, 3.63) is 11.6 Å². The van der Waals surface area contributed by atoms with Gasteiger partial charge < -0.3 is 40.7 Å². The van der Waals surface area contributed by atoms with Crippen LogP contribution in [0.1, 0.15) is 98.3 Å². The topological polar surface area (TPSA) is 194 Å². The molecule has 5 rings (SSSR count). The first-order valence-electron chi connectivity index (χ1n) is 18.1. The number of hydrogen-bond acceptors (Lipinski definition) is 9. The molecule has 0 heterocycles. The van der Waals surface area contributed by atoms with Gasteiger partial charge in [-0.1, -0.05) is 32.4 Å². The standard InChI is InChI=1S/C37H59NO10/c1-20-8-14-37(33(46)38-18-29(41)48-5)15-10-24-22(25(37)16-20)6-7-27-34(24,2)13-11-28-35(27,3)12-9-21(36(28,4)47)17-23(32(44)45)30(42)31(43)26(40)19-39/h6,20-21,23-28,30-31,39-40,42-43,47H,7-19H2,1-5H3,(H,38,46)(H,44,45)/t20?,21?,23?,24?,25?,26?,27?,28?,30?,31?,34?,35?,36-,37?/m1/s1. The van der Waals surface area contributed by atoms with Crippen LogP contribution in [0.2, 0.25) is 0 Å². The van der Waals surface area contributed by atoms with Crippen molar-refractivity contribution < 1.29 is 49.8 Å². The number of methoxy groups -OCH3 is 1. The quantitative estimate of drug-likeness (QED) is 0.134. The predicted molar refractivity (Wildman–Crippen MR) is 176 cm³/mol. The summed E-state index contributed by atoms with van der Waals surface area (Å²) in [5.41, 5.74) is -0.585. The summed E-state index contributed by atoms with van der Waals surface area (Å²) in [5.74, 6) is -2.53. The van der Waals surface area contributed by atoms with Crippen LogP contribution in [0.15, 0.2) is 11.6 Å². The largest absolute Gasteiger partial charge is 0.481 e. The van der Waals surface area contributed by atoms with Crippen molar-refractivity contribution in [1.82, 2.24) is 5.32 Å². The maximum atomic E-state index is 13.8. The summed E-state index contributed by atoms with van der Waals surface area (Å²) >= 11 is 0. The summed E-state index contributed by atoms with van der Waals surface area (Å²) in [6.07, 6.45) is 5.36. The Morgan fingerprint density at radius 1 is 0.938 bits per heavy atom. The van der Waals surface area contributed by atoms with Gasteiger partial charge in [-0.05, 0) is 124 Å². The third kappa shape index (κ3) is 6.03. The van der Waals surface area contributed by atoms with Gasteiger partial charge in [-0.2, -0.15) is 0 Å². The van der Waals surface area contributed by atoms with E-state index in [2.05, 4.69) is 32.2 Å². The van der Waals surface area contributed by atoms with Gasteiger partial charge >= 0.3 is 11.9 Å². The number of hydrogen-bond donors (Lipinski definition) is 7. The lowest BCUT2D eigenvalue weighted by Crippen LogP contribution is -2.64. The summed E-state index contributed by atoms with van der Waals surface area (Å²) in [6, 6.07) is 0. The van der Waals surface area contributed by atoms with Crippen LogP contribution in [0.3, 0.4) is 0 Å².